The second-order valence-electron chi connectivity index (χ2n) is 4.73. The zero-order valence-electron chi connectivity index (χ0n) is 11.7. The highest BCUT2D eigenvalue weighted by molar-refractivity contribution is 6.35. The third kappa shape index (κ3) is 4.93. The van der Waals surface area contributed by atoms with E-state index >= 15 is 0 Å². The number of furan rings is 1. The van der Waals surface area contributed by atoms with Crippen molar-refractivity contribution in [3.05, 3.63) is 24.2 Å². The molecule has 118 valence electrons. The summed E-state index contributed by atoms with van der Waals surface area (Å²) in [7, 11) is 0. The van der Waals surface area contributed by atoms with Crippen LogP contribution in [-0.4, -0.2) is 36.2 Å². The number of hydrogen-bond acceptors (Lipinski definition) is 5. The second-order valence-corrected chi connectivity index (χ2v) is 4.73. The van der Waals surface area contributed by atoms with Gasteiger partial charge in [0.15, 0.2) is 5.76 Å². The Balaban J connectivity index is 1.58. The van der Waals surface area contributed by atoms with Crippen LogP contribution in [0.25, 0.3) is 0 Å². The molecule has 1 heterocycles. The first kappa shape index (κ1) is 15.5. The lowest BCUT2D eigenvalue weighted by Gasteiger charge is -2.07. The lowest BCUT2D eigenvalue weighted by molar-refractivity contribution is -0.141. The van der Waals surface area contributed by atoms with Crippen molar-refractivity contribution in [2.24, 2.45) is 0 Å². The van der Waals surface area contributed by atoms with Crippen molar-refractivity contribution in [1.82, 2.24) is 21.5 Å². The number of carbonyl (C=O) groups excluding carboxylic acids is 4. The fourth-order valence-electron chi connectivity index (χ4n) is 1.51. The van der Waals surface area contributed by atoms with Gasteiger partial charge in [0.1, 0.15) is 0 Å². The molecule has 22 heavy (non-hydrogen) atoms. The zero-order chi connectivity index (χ0) is 15.9. The van der Waals surface area contributed by atoms with Crippen LogP contribution in [-0.2, 0) is 14.4 Å². The van der Waals surface area contributed by atoms with Crippen LogP contribution in [0.4, 0.5) is 0 Å². The van der Waals surface area contributed by atoms with E-state index in [1.807, 2.05) is 5.43 Å². The van der Waals surface area contributed by atoms with E-state index in [1.165, 1.54) is 12.3 Å². The quantitative estimate of drug-likeness (QED) is 0.402. The summed E-state index contributed by atoms with van der Waals surface area (Å²) >= 11 is 0. The first-order valence-corrected chi connectivity index (χ1v) is 6.77. The molecule has 1 aliphatic carbocycles. The summed E-state index contributed by atoms with van der Waals surface area (Å²) in [6.07, 6.45) is 3.03. The monoisotopic (exact) mass is 308 g/mol. The number of nitrogens with one attached hydrogen (secondary N) is 4. The van der Waals surface area contributed by atoms with Crippen molar-refractivity contribution < 1.29 is 23.6 Å². The Hall–Kier alpha value is -2.84. The average molecular weight is 308 g/mol. The molecule has 0 aliphatic heterocycles. The van der Waals surface area contributed by atoms with E-state index in [4.69, 9.17) is 4.42 Å². The zero-order valence-corrected chi connectivity index (χ0v) is 11.7. The standard InChI is InChI=1S/C13H16N4O5/c18-10(5-6-14-11(19)9-2-1-7-22-9)16-17-13(21)12(20)15-8-3-4-8/h1-2,7-8H,3-6H2,(H,14,19)(H,15,20)(H,16,18)(H,17,21). The van der Waals surface area contributed by atoms with Crippen molar-refractivity contribution in [3.8, 4) is 0 Å². The average Bonchev–Trinajstić information content (AvgIpc) is 3.14. The van der Waals surface area contributed by atoms with Crippen LogP contribution in [0.1, 0.15) is 29.8 Å². The molecule has 0 bridgehead atoms. The first-order chi connectivity index (χ1) is 10.6. The van der Waals surface area contributed by atoms with Gasteiger partial charge in [0.2, 0.25) is 5.91 Å². The molecule has 1 aromatic rings. The van der Waals surface area contributed by atoms with Gasteiger partial charge in [-0.1, -0.05) is 0 Å². The van der Waals surface area contributed by atoms with Crippen molar-refractivity contribution >= 4 is 23.6 Å². The van der Waals surface area contributed by atoms with Crippen LogP contribution < -0.4 is 21.5 Å². The van der Waals surface area contributed by atoms with Crippen molar-refractivity contribution in [2.45, 2.75) is 25.3 Å². The molecular weight excluding hydrogens is 292 g/mol. The number of carbonyl (C=O) groups is 4. The van der Waals surface area contributed by atoms with Gasteiger partial charge in [-0.15, -0.1) is 0 Å². The van der Waals surface area contributed by atoms with E-state index in [2.05, 4.69) is 16.1 Å². The Morgan fingerprint density at radius 1 is 1.14 bits per heavy atom. The number of hydrogen-bond donors (Lipinski definition) is 4. The van der Waals surface area contributed by atoms with Crippen LogP contribution in [0.3, 0.4) is 0 Å². The minimum Gasteiger partial charge on any atom is -0.459 e. The normalized spacial score (nSPS) is 13.1. The molecule has 0 saturated heterocycles. The minimum absolute atomic E-state index is 0.0586. The van der Waals surface area contributed by atoms with Gasteiger partial charge in [-0.05, 0) is 25.0 Å². The summed E-state index contributed by atoms with van der Waals surface area (Å²) in [6.45, 7) is 0.0650. The molecule has 0 unspecified atom stereocenters. The fraction of sp³-hybridized carbons (Fsp3) is 0.385. The Kier molecular flexibility index (Phi) is 5.12. The SMILES string of the molecule is O=C(CCNC(=O)c1ccco1)NNC(=O)C(=O)NC1CC1. The van der Waals surface area contributed by atoms with Crippen LogP contribution >= 0.6 is 0 Å². The maximum Gasteiger partial charge on any atom is 0.327 e. The van der Waals surface area contributed by atoms with E-state index in [0.29, 0.717) is 0 Å². The van der Waals surface area contributed by atoms with Crippen LogP contribution in [0.15, 0.2) is 22.8 Å². The summed E-state index contributed by atoms with van der Waals surface area (Å²) in [5, 5.41) is 4.96. The van der Waals surface area contributed by atoms with Gasteiger partial charge in [0, 0.05) is 19.0 Å². The van der Waals surface area contributed by atoms with Gasteiger partial charge >= 0.3 is 11.8 Å². The van der Waals surface area contributed by atoms with Crippen molar-refractivity contribution in [3.63, 3.8) is 0 Å². The van der Waals surface area contributed by atoms with Crippen molar-refractivity contribution in [1.29, 1.82) is 0 Å². The smallest absolute Gasteiger partial charge is 0.327 e. The topological polar surface area (TPSA) is 130 Å². The predicted octanol–water partition coefficient (Wildman–Crippen LogP) is -1.17. The van der Waals surface area contributed by atoms with Gasteiger partial charge in [0.25, 0.3) is 5.91 Å². The van der Waals surface area contributed by atoms with Crippen LogP contribution in [0, 0.1) is 0 Å². The summed E-state index contributed by atoms with van der Waals surface area (Å²) in [5.41, 5.74) is 4.09. The molecule has 9 heteroatoms. The minimum atomic E-state index is -0.931. The van der Waals surface area contributed by atoms with E-state index in [0.717, 1.165) is 12.8 Å². The van der Waals surface area contributed by atoms with Gasteiger partial charge in [-0.2, -0.15) is 0 Å². The molecular formula is C13H16N4O5. The molecule has 2 rings (SSSR count). The highest BCUT2D eigenvalue weighted by atomic mass is 16.3. The molecule has 1 aliphatic rings. The third-order valence-corrected chi connectivity index (χ3v) is 2.82. The Morgan fingerprint density at radius 3 is 2.55 bits per heavy atom. The molecule has 1 fully saturated rings. The summed E-state index contributed by atoms with van der Waals surface area (Å²) < 4.78 is 4.88. The molecule has 0 radical (unpaired) electrons. The van der Waals surface area contributed by atoms with Gasteiger partial charge < -0.3 is 15.1 Å². The molecule has 0 spiro atoms. The molecule has 0 aromatic carbocycles. The Morgan fingerprint density at radius 2 is 1.91 bits per heavy atom. The third-order valence-electron chi connectivity index (χ3n) is 2.82. The number of hydrazine groups is 1. The number of rotatable bonds is 5. The Bertz CT molecular complexity index is 565. The highest BCUT2D eigenvalue weighted by Gasteiger charge is 2.26. The van der Waals surface area contributed by atoms with Gasteiger partial charge in [-0.25, -0.2) is 0 Å². The van der Waals surface area contributed by atoms with Crippen LogP contribution in [0.5, 0.6) is 0 Å². The summed E-state index contributed by atoms with van der Waals surface area (Å²) in [4.78, 5) is 45.6. The molecule has 4 N–H and O–H groups in total. The second kappa shape index (κ2) is 7.25. The first-order valence-electron chi connectivity index (χ1n) is 6.77. The van der Waals surface area contributed by atoms with E-state index in [9.17, 15) is 19.2 Å². The molecule has 9 nitrogen and oxygen atoms in total. The molecule has 4 amide bonds. The summed E-state index contributed by atoms with van der Waals surface area (Å²) in [6, 6.07) is 3.13. The number of amides is 4. The van der Waals surface area contributed by atoms with E-state index in [-0.39, 0.29) is 24.8 Å². The van der Waals surface area contributed by atoms with E-state index < -0.39 is 23.6 Å². The van der Waals surface area contributed by atoms with E-state index in [1.54, 1.807) is 6.07 Å². The lowest BCUT2D eigenvalue weighted by Crippen LogP contribution is -2.49. The molecule has 0 atom stereocenters. The van der Waals surface area contributed by atoms with Crippen LogP contribution in [0.2, 0.25) is 0 Å². The fourth-order valence-corrected chi connectivity index (χ4v) is 1.51. The van der Waals surface area contributed by atoms with Gasteiger partial charge in [-0.3, -0.25) is 30.0 Å². The predicted molar refractivity (Wildman–Crippen MR) is 73.1 cm³/mol. The maximum absolute atomic E-state index is 11.5. The molecule has 1 saturated carbocycles. The maximum atomic E-state index is 11.5. The summed E-state index contributed by atoms with van der Waals surface area (Å²) in [5.74, 6) is -2.54. The van der Waals surface area contributed by atoms with Crippen molar-refractivity contribution in [2.75, 3.05) is 6.54 Å². The largest absolute Gasteiger partial charge is 0.459 e. The lowest BCUT2D eigenvalue weighted by atomic mass is 10.3. The highest BCUT2D eigenvalue weighted by Crippen LogP contribution is 2.18. The molecule has 1 aromatic heterocycles. The van der Waals surface area contributed by atoms with Gasteiger partial charge in [0.05, 0.1) is 6.26 Å². The Labute approximate surface area is 125 Å².